The van der Waals surface area contributed by atoms with Crippen molar-refractivity contribution in [3.05, 3.63) is 59.4 Å². The quantitative estimate of drug-likeness (QED) is 0.886. The maximum Gasteiger partial charge on any atom is 0.247 e. The van der Waals surface area contributed by atoms with Gasteiger partial charge in [0, 0.05) is 5.69 Å². The second-order valence-corrected chi connectivity index (χ2v) is 7.86. The van der Waals surface area contributed by atoms with E-state index in [1.807, 2.05) is 26.0 Å². The van der Waals surface area contributed by atoms with E-state index in [4.69, 9.17) is 0 Å². The Bertz CT molecular complexity index is 880. The Balaban J connectivity index is 2.29. The Morgan fingerprint density at radius 3 is 2.20 bits per heavy atom. The van der Waals surface area contributed by atoms with Crippen LogP contribution < -0.4 is 9.62 Å². The molecule has 0 heterocycles. The first-order valence-corrected chi connectivity index (χ1v) is 9.57. The molecule has 5 nitrogen and oxygen atoms in total. The zero-order valence-electron chi connectivity index (χ0n) is 14.6. The van der Waals surface area contributed by atoms with Gasteiger partial charge in [0.1, 0.15) is 11.9 Å². The average Bonchev–Trinajstić information content (AvgIpc) is 2.51. The van der Waals surface area contributed by atoms with Gasteiger partial charge in [-0.3, -0.25) is 9.10 Å². The summed E-state index contributed by atoms with van der Waals surface area (Å²) < 4.78 is 38.4. The highest BCUT2D eigenvalue weighted by Gasteiger charge is 2.29. The Morgan fingerprint density at radius 1 is 1.08 bits per heavy atom. The molecule has 0 aliphatic heterocycles. The van der Waals surface area contributed by atoms with Crippen LogP contribution in [0.25, 0.3) is 0 Å². The Hall–Kier alpha value is -2.41. The zero-order valence-corrected chi connectivity index (χ0v) is 15.4. The molecule has 0 spiro atoms. The van der Waals surface area contributed by atoms with Crippen LogP contribution in [0.5, 0.6) is 0 Å². The van der Waals surface area contributed by atoms with Gasteiger partial charge in [-0.2, -0.15) is 0 Å². The lowest BCUT2D eigenvalue weighted by Crippen LogP contribution is -2.45. The van der Waals surface area contributed by atoms with Gasteiger partial charge in [-0.25, -0.2) is 12.8 Å². The van der Waals surface area contributed by atoms with Crippen molar-refractivity contribution >= 4 is 27.3 Å². The van der Waals surface area contributed by atoms with E-state index < -0.39 is 27.8 Å². The van der Waals surface area contributed by atoms with Crippen LogP contribution in [0, 0.1) is 19.7 Å². The van der Waals surface area contributed by atoms with Gasteiger partial charge in [-0.05, 0) is 68.3 Å². The van der Waals surface area contributed by atoms with Crippen LogP contribution in [0.4, 0.5) is 15.8 Å². The van der Waals surface area contributed by atoms with Gasteiger partial charge in [0.15, 0.2) is 0 Å². The first kappa shape index (κ1) is 18.9. The molecule has 2 rings (SSSR count). The fourth-order valence-electron chi connectivity index (χ4n) is 2.46. The minimum absolute atomic E-state index is 0.228. The van der Waals surface area contributed by atoms with Gasteiger partial charge >= 0.3 is 0 Å². The number of hydrogen-bond acceptors (Lipinski definition) is 3. The van der Waals surface area contributed by atoms with E-state index >= 15 is 0 Å². The molecule has 0 saturated carbocycles. The van der Waals surface area contributed by atoms with Gasteiger partial charge in [0.05, 0.1) is 11.9 Å². The number of sulfonamides is 1. The molecule has 1 amide bonds. The molecule has 134 valence electrons. The van der Waals surface area contributed by atoms with Gasteiger partial charge < -0.3 is 5.32 Å². The number of benzene rings is 2. The molecule has 0 bridgehead atoms. The second kappa shape index (κ2) is 7.23. The first-order chi connectivity index (χ1) is 11.6. The van der Waals surface area contributed by atoms with Crippen LogP contribution in [0.15, 0.2) is 42.5 Å². The van der Waals surface area contributed by atoms with Crippen LogP contribution >= 0.6 is 0 Å². The lowest BCUT2D eigenvalue weighted by atomic mass is 10.1. The highest BCUT2D eigenvalue weighted by molar-refractivity contribution is 7.92. The van der Waals surface area contributed by atoms with E-state index in [1.165, 1.54) is 19.1 Å². The van der Waals surface area contributed by atoms with Crippen LogP contribution in [-0.4, -0.2) is 26.6 Å². The number of carbonyl (C=O) groups is 1. The van der Waals surface area contributed by atoms with Crippen LogP contribution in [-0.2, 0) is 14.8 Å². The minimum atomic E-state index is -3.73. The summed E-state index contributed by atoms with van der Waals surface area (Å²) in [6, 6.07) is 9.43. The molecule has 0 unspecified atom stereocenters. The number of amides is 1. The third kappa shape index (κ3) is 4.57. The third-order valence-corrected chi connectivity index (χ3v) is 5.19. The predicted octanol–water partition coefficient (Wildman–Crippen LogP) is 3.24. The SMILES string of the molecule is Cc1ccc(NC(=O)[C@H](C)N(c2ccc(F)cc2)S(C)(=O)=O)cc1C. The standard InChI is InChI=1S/C18H21FN2O3S/c1-12-5-8-16(11-13(12)2)20-18(22)14(3)21(25(4,23)24)17-9-6-15(19)7-10-17/h5-11,14H,1-4H3,(H,20,22)/t14-/m0/s1. The van der Waals surface area contributed by atoms with Gasteiger partial charge in [-0.1, -0.05) is 6.07 Å². The largest absolute Gasteiger partial charge is 0.324 e. The number of nitrogens with zero attached hydrogens (tertiary/aromatic N) is 1. The summed E-state index contributed by atoms with van der Waals surface area (Å²) >= 11 is 0. The monoisotopic (exact) mass is 364 g/mol. The van der Waals surface area contributed by atoms with E-state index in [-0.39, 0.29) is 5.69 Å². The molecule has 0 radical (unpaired) electrons. The number of halogens is 1. The maximum atomic E-state index is 13.1. The summed E-state index contributed by atoms with van der Waals surface area (Å²) in [5.41, 5.74) is 2.93. The molecule has 0 aliphatic rings. The molecule has 2 aromatic carbocycles. The summed E-state index contributed by atoms with van der Waals surface area (Å²) in [6.45, 7) is 5.38. The Kier molecular flexibility index (Phi) is 5.47. The minimum Gasteiger partial charge on any atom is -0.324 e. The number of carbonyl (C=O) groups excluding carboxylic acids is 1. The van der Waals surface area contributed by atoms with Crippen molar-refractivity contribution in [3.8, 4) is 0 Å². The summed E-state index contributed by atoms with van der Waals surface area (Å²) in [7, 11) is -3.73. The molecule has 25 heavy (non-hydrogen) atoms. The molecule has 2 aromatic rings. The van der Waals surface area contributed by atoms with Crippen LogP contribution in [0.1, 0.15) is 18.1 Å². The lowest BCUT2D eigenvalue weighted by Gasteiger charge is -2.28. The van der Waals surface area contributed by atoms with Crippen molar-refractivity contribution in [2.24, 2.45) is 0 Å². The lowest BCUT2D eigenvalue weighted by molar-refractivity contribution is -0.116. The van der Waals surface area contributed by atoms with Gasteiger partial charge in [-0.15, -0.1) is 0 Å². The van der Waals surface area contributed by atoms with Crippen molar-refractivity contribution in [3.63, 3.8) is 0 Å². The van der Waals surface area contributed by atoms with Crippen LogP contribution in [0.2, 0.25) is 0 Å². The summed E-state index contributed by atoms with van der Waals surface area (Å²) in [4.78, 5) is 12.5. The molecule has 0 aromatic heterocycles. The second-order valence-electron chi connectivity index (χ2n) is 6.00. The molecule has 1 atom stereocenters. The van der Waals surface area contributed by atoms with Crippen LogP contribution in [0.3, 0.4) is 0 Å². The predicted molar refractivity (Wildman–Crippen MR) is 97.7 cm³/mol. The smallest absolute Gasteiger partial charge is 0.247 e. The zero-order chi connectivity index (χ0) is 18.8. The van der Waals surface area contributed by atoms with Crippen molar-refractivity contribution in [2.75, 3.05) is 15.9 Å². The number of rotatable bonds is 5. The van der Waals surface area contributed by atoms with Gasteiger partial charge in [0.2, 0.25) is 15.9 Å². The summed E-state index contributed by atoms with van der Waals surface area (Å²) in [6.07, 6.45) is 1.01. The molecule has 0 fully saturated rings. The van der Waals surface area contributed by atoms with Gasteiger partial charge in [0.25, 0.3) is 0 Å². The molecule has 7 heteroatoms. The highest BCUT2D eigenvalue weighted by atomic mass is 32.2. The van der Waals surface area contributed by atoms with E-state index in [0.717, 1.165) is 33.8 Å². The van der Waals surface area contributed by atoms with E-state index in [0.29, 0.717) is 5.69 Å². The fourth-order valence-corrected chi connectivity index (χ4v) is 3.64. The van der Waals surface area contributed by atoms with E-state index in [2.05, 4.69) is 5.32 Å². The van der Waals surface area contributed by atoms with E-state index in [1.54, 1.807) is 6.07 Å². The van der Waals surface area contributed by atoms with Crippen molar-refractivity contribution in [1.29, 1.82) is 0 Å². The molecular weight excluding hydrogens is 343 g/mol. The maximum absolute atomic E-state index is 13.1. The molecule has 0 saturated heterocycles. The third-order valence-electron chi connectivity index (χ3n) is 3.94. The van der Waals surface area contributed by atoms with Crippen molar-refractivity contribution in [1.82, 2.24) is 0 Å². The molecule has 1 N–H and O–H groups in total. The topological polar surface area (TPSA) is 66.5 Å². The Morgan fingerprint density at radius 2 is 1.68 bits per heavy atom. The highest BCUT2D eigenvalue weighted by Crippen LogP contribution is 2.22. The number of hydrogen-bond donors (Lipinski definition) is 1. The van der Waals surface area contributed by atoms with E-state index in [9.17, 15) is 17.6 Å². The van der Waals surface area contributed by atoms with Crippen molar-refractivity contribution in [2.45, 2.75) is 26.8 Å². The van der Waals surface area contributed by atoms with Crippen molar-refractivity contribution < 1.29 is 17.6 Å². The number of anilines is 2. The number of nitrogens with one attached hydrogen (secondary N) is 1. The molecule has 0 aliphatic carbocycles. The summed E-state index contributed by atoms with van der Waals surface area (Å²) in [5.74, 6) is -0.956. The number of aryl methyl sites for hydroxylation is 2. The summed E-state index contributed by atoms with van der Waals surface area (Å²) in [5, 5.41) is 2.72. The average molecular weight is 364 g/mol. The Labute approximate surface area is 147 Å². The molecular formula is C18H21FN2O3S. The first-order valence-electron chi connectivity index (χ1n) is 7.72. The fraction of sp³-hybridized carbons (Fsp3) is 0.278. The normalized spacial score (nSPS) is 12.5.